The van der Waals surface area contributed by atoms with Gasteiger partial charge in [-0.25, -0.2) is 4.98 Å². The number of hydrogen-bond acceptors (Lipinski definition) is 8. The molecular weight excluding hydrogens is 400 g/mol. The Kier molecular flexibility index (Phi) is 4.23. The fraction of sp³-hybridized carbons (Fsp3) is 0.333. The summed E-state index contributed by atoms with van der Waals surface area (Å²) in [6.45, 7) is 2.96. The average molecular weight is 420 g/mol. The zero-order valence-corrected chi connectivity index (χ0v) is 16.7. The predicted molar refractivity (Wildman–Crippen MR) is 109 cm³/mol. The van der Waals surface area contributed by atoms with Gasteiger partial charge in [0.2, 0.25) is 0 Å². The summed E-state index contributed by atoms with van der Waals surface area (Å²) in [7, 11) is 0. The van der Waals surface area contributed by atoms with Gasteiger partial charge in [-0.15, -0.1) is 5.10 Å². The van der Waals surface area contributed by atoms with Gasteiger partial charge in [-0.05, 0) is 12.1 Å². The second-order valence-corrected chi connectivity index (χ2v) is 7.59. The van der Waals surface area contributed by atoms with E-state index in [1.165, 1.54) is 0 Å². The van der Waals surface area contributed by atoms with E-state index < -0.39 is 6.04 Å². The second kappa shape index (κ2) is 7.24. The Morgan fingerprint density at radius 3 is 2.84 bits per heavy atom. The molecule has 10 heteroatoms. The number of para-hydroxylation sites is 1. The lowest BCUT2D eigenvalue weighted by atomic mass is 10.00. The van der Waals surface area contributed by atoms with Crippen LogP contribution in [0.2, 0.25) is 0 Å². The third kappa shape index (κ3) is 3.07. The highest BCUT2D eigenvalue weighted by Crippen LogP contribution is 2.37. The van der Waals surface area contributed by atoms with E-state index in [9.17, 15) is 4.79 Å². The van der Waals surface area contributed by atoms with Crippen molar-refractivity contribution in [2.75, 3.05) is 37.7 Å². The van der Waals surface area contributed by atoms with Gasteiger partial charge in [0.15, 0.2) is 0 Å². The number of anilines is 1. The number of fused-ring (bicyclic) bond motifs is 2. The van der Waals surface area contributed by atoms with Crippen LogP contribution < -0.4 is 4.90 Å². The van der Waals surface area contributed by atoms with E-state index in [4.69, 9.17) is 13.6 Å². The largest absolute Gasteiger partial charge is 0.458 e. The maximum Gasteiger partial charge on any atom is 0.318 e. The lowest BCUT2D eigenvalue weighted by Crippen LogP contribution is -2.40. The second-order valence-electron chi connectivity index (χ2n) is 7.59. The van der Waals surface area contributed by atoms with Gasteiger partial charge in [0.25, 0.3) is 0 Å². The van der Waals surface area contributed by atoms with Gasteiger partial charge < -0.3 is 28.4 Å². The molecule has 1 N–H and O–H groups in total. The number of benzene rings is 1. The molecule has 0 unspecified atom stereocenters. The smallest absolute Gasteiger partial charge is 0.318 e. The van der Waals surface area contributed by atoms with Gasteiger partial charge in [0.05, 0.1) is 25.2 Å². The normalized spacial score (nSPS) is 19.0. The van der Waals surface area contributed by atoms with Crippen LogP contribution in [0.15, 0.2) is 45.5 Å². The Bertz CT molecular complexity index is 1200. The molecule has 0 radical (unpaired) electrons. The van der Waals surface area contributed by atoms with E-state index in [0.29, 0.717) is 51.0 Å². The zero-order valence-electron chi connectivity index (χ0n) is 16.7. The summed E-state index contributed by atoms with van der Waals surface area (Å²) in [5.74, 6) is 0.267. The number of morpholine rings is 1. The van der Waals surface area contributed by atoms with Crippen molar-refractivity contribution < 1.29 is 18.4 Å². The first-order valence-corrected chi connectivity index (χ1v) is 10.3. The Hall–Kier alpha value is -3.66. The number of furan rings is 1. The van der Waals surface area contributed by atoms with Crippen LogP contribution in [0.4, 0.5) is 6.01 Å². The fourth-order valence-electron chi connectivity index (χ4n) is 4.23. The Morgan fingerprint density at radius 1 is 1.10 bits per heavy atom. The molecule has 1 aromatic carbocycles. The van der Waals surface area contributed by atoms with Crippen LogP contribution in [0.3, 0.4) is 0 Å². The van der Waals surface area contributed by atoms with Crippen molar-refractivity contribution in [3.05, 3.63) is 59.7 Å². The van der Waals surface area contributed by atoms with E-state index in [2.05, 4.69) is 20.2 Å². The molecule has 1 atom stereocenters. The monoisotopic (exact) mass is 420 g/mol. The minimum Gasteiger partial charge on any atom is -0.458 e. The van der Waals surface area contributed by atoms with Crippen LogP contribution in [-0.2, 0) is 11.2 Å². The number of rotatable bonds is 3. The van der Waals surface area contributed by atoms with Crippen molar-refractivity contribution in [3.63, 3.8) is 0 Å². The van der Waals surface area contributed by atoms with E-state index in [0.717, 1.165) is 22.4 Å². The summed E-state index contributed by atoms with van der Waals surface area (Å²) in [4.78, 5) is 24.7. The summed E-state index contributed by atoms with van der Waals surface area (Å²) in [5.41, 5.74) is 2.53. The number of aromatic nitrogens is 4. The molecule has 10 nitrogen and oxygen atoms in total. The van der Waals surface area contributed by atoms with Gasteiger partial charge in [0, 0.05) is 37.1 Å². The number of hydrogen-bond donors (Lipinski definition) is 1. The van der Waals surface area contributed by atoms with Crippen LogP contribution in [0, 0.1) is 0 Å². The first-order valence-electron chi connectivity index (χ1n) is 10.3. The number of nitrogens with one attached hydrogen (secondary N) is 1. The Balaban J connectivity index is 1.36. The number of carbonyl (C=O) groups excluding carboxylic acids is 1. The quantitative estimate of drug-likeness (QED) is 0.536. The molecule has 158 valence electrons. The molecule has 0 bridgehead atoms. The topological polar surface area (TPSA) is 114 Å². The fourth-order valence-corrected chi connectivity index (χ4v) is 4.23. The minimum atomic E-state index is -0.478. The van der Waals surface area contributed by atoms with Crippen LogP contribution >= 0.6 is 0 Å². The third-order valence-electron chi connectivity index (χ3n) is 5.78. The predicted octanol–water partition coefficient (Wildman–Crippen LogP) is 2.16. The van der Waals surface area contributed by atoms with Gasteiger partial charge >= 0.3 is 17.8 Å². The highest BCUT2D eigenvalue weighted by Gasteiger charge is 2.38. The number of imidazole rings is 1. The third-order valence-corrected chi connectivity index (χ3v) is 5.78. The van der Waals surface area contributed by atoms with Crippen molar-refractivity contribution in [2.45, 2.75) is 12.5 Å². The SMILES string of the molecule is O=C(c1nnc(N2CCOCC2)o1)N1CCc2[nH]cnc2[C@H]1c1cc2ccccc2o1. The number of nitrogens with zero attached hydrogens (tertiary/aromatic N) is 5. The van der Waals surface area contributed by atoms with Crippen LogP contribution in [0.5, 0.6) is 0 Å². The van der Waals surface area contributed by atoms with Gasteiger partial charge in [-0.2, -0.15) is 0 Å². The van der Waals surface area contributed by atoms with E-state index in [1.54, 1.807) is 11.2 Å². The molecule has 3 aromatic heterocycles. The van der Waals surface area contributed by atoms with Crippen LogP contribution in [0.1, 0.15) is 33.9 Å². The molecular formula is C21H20N6O4. The Morgan fingerprint density at radius 2 is 1.97 bits per heavy atom. The molecule has 2 aliphatic rings. The summed E-state index contributed by atoms with van der Waals surface area (Å²) < 4.78 is 17.2. The van der Waals surface area contributed by atoms with E-state index >= 15 is 0 Å². The minimum absolute atomic E-state index is 0.0402. The highest BCUT2D eigenvalue weighted by molar-refractivity contribution is 5.90. The first kappa shape index (κ1) is 18.1. The number of amides is 1. The molecule has 0 aliphatic carbocycles. The summed E-state index contributed by atoms with van der Waals surface area (Å²) in [5, 5.41) is 9.09. The molecule has 6 rings (SSSR count). The maximum atomic E-state index is 13.4. The Labute approximate surface area is 176 Å². The van der Waals surface area contributed by atoms with Crippen LogP contribution in [-0.4, -0.2) is 63.8 Å². The first-order chi connectivity index (χ1) is 15.3. The van der Waals surface area contributed by atoms with Crippen molar-refractivity contribution in [1.29, 1.82) is 0 Å². The molecule has 5 heterocycles. The van der Waals surface area contributed by atoms with Crippen molar-refractivity contribution in [3.8, 4) is 0 Å². The lowest BCUT2D eigenvalue weighted by molar-refractivity contribution is 0.0631. The summed E-state index contributed by atoms with van der Waals surface area (Å²) in [6, 6.07) is 9.58. The van der Waals surface area contributed by atoms with Gasteiger partial charge in [0.1, 0.15) is 17.4 Å². The number of H-pyrrole nitrogens is 1. The maximum absolute atomic E-state index is 13.4. The highest BCUT2D eigenvalue weighted by atomic mass is 16.5. The molecule has 0 spiro atoms. The van der Waals surface area contributed by atoms with Crippen LogP contribution in [0.25, 0.3) is 11.0 Å². The average Bonchev–Trinajstić information content (AvgIpc) is 3.57. The summed E-state index contributed by atoms with van der Waals surface area (Å²) in [6.07, 6.45) is 2.31. The van der Waals surface area contributed by atoms with Gasteiger partial charge in [-0.1, -0.05) is 23.3 Å². The van der Waals surface area contributed by atoms with Crippen molar-refractivity contribution in [2.24, 2.45) is 0 Å². The molecule has 1 fully saturated rings. The zero-order chi connectivity index (χ0) is 20.8. The number of carbonyl (C=O) groups is 1. The lowest BCUT2D eigenvalue weighted by Gasteiger charge is -2.32. The standard InChI is InChI=1S/C21H20N6O4/c28-20(19-24-25-21(31-19)26-7-9-29-10-8-26)27-6-5-14-17(23-12-22-14)18(27)16-11-13-3-1-2-4-15(13)30-16/h1-4,11-12,18H,5-10H2,(H,22,23)/t18-/m1/s1. The summed E-state index contributed by atoms with van der Waals surface area (Å²) >= 11 is 0. The van der Waals surface area contributed by atoms with Gasteiger partial charge in [-0.3, -0.25) is 4.79 Å². The number of ether oxygens (including phenoxy) is 1. The van der Waals surface area contributed by atoms with E-state index in [-0.39, 0.29) is 11.8 Å². The van der Waals surface area contributed by atoms with E-state index in [1.807, 2.05) is 35.2 Å². The molecule has 1 amide bonds. The molecule has 1 saturated heterocycles. The molecule has 2 aliphatic heterocycles. The van der Waals surface area contributed by atoms with Crippen molar-refractivity contribution in [1.82, 2.24) is 25.1 Å². The molecule has 31 heavy (non-hydrogen) atoms. The van der Waals surface area contributed by atoms with Crippen molar-refractivity contribution >= 4 is 22.9 Å². The number of aromatic amines is 1. The molecule has 4 aromatic rings. The molecule has 0 saturated carbocycles.